The van der Waals surface area contributed by atoms with E-state index in [-0.39, 0.29) is 16.8 Å². The molecule has 1 aliphatic heterocycles. The minimum absolute atomic E-state index is 0.275. The third kappa shape index (κ3) is 4.14. The van der Waals surface area contributed by atoms with Gasteiger partial charge in [0.05, 0.1) is 10.8 Å². The third-order valence-corrected chi connectivity index (χ3v) is 6.63. The number of piperidine rings is 1. The van der Waals surface area contributed by atoms with Gasteiger partial charge in [-0.1, -0.05) is 37.3 Å². The van der Waals surface area contributed by atoms with Crippen LogP contribution in [-0.2, 0) is 21.2 Å². The van der Waals surface area contributed by atoms with Gasteiger partial charge in [0.25, 0.3) is 0 Å². The number of rotatable bonds is 5. The largest absolute Gasteiger partial charge is 0.426 e. The van der Waals surface area contributed by atoms with Gasteiger partial charge in [-0.3, -0.25) is 4.79 Å². The highest BCUT2D eigenvalue weighted by Crippen LogP contribution is 2.25. The number of benzene rings is 2. The van der Waals surface area contributed by atoms with Crippen LogP contribution in [0.3, 0.4) is 0 Å². The summed E-state index contributed by atoms with van der Waals surface area (Å²) in [6, 6.07) is 15.9. The van der Waals surface area contributed by atoms with Crippen LogP contribution in [-0.4, -0.2) is 31.8 Å². The molecular weight excluding hydrogens is 350 g/mol. The maximum Gasteiger partial charge on any atom is 0.314 e. The van der Waals surface area contributed by atoms with Gasteiger partial charge in [-0.2, -0.15) is 4.31 Å². The first kappa shape index (κ1) is 18.6. The fourth-order valence-corrected chi connectivity index (χ4v) is 4.56. The highest BCUT2D eigenvalue weighted by Gasteiger charge is 2.32. The lowest BCUT2D eigenvalue weighted by molar-refractivity contribution is -0.140. The fourth-order valence-electron chi connectivity index (χ4n) is 3.07. The Morgan fingerprint density at radius 3 is 2.23 bits per heavy atom. The Balaban J connectivity index is 1.58. The highest BCUT2D eigenvalue weighted by atomic mass is 32.2. The summed E-state index contributed by atoms with van der Waals surface area (Å²) in [6.45, 7) is 2.72. The molecule has 0 saturated carbocycles. The number of ether oxygens (including phenoxy) is 1. The average molecular weight is 373 g/mol. The van der Waals surface area contributed by atoms with Gasteiger partial charge in [-0.15, -0.1) is 0 Å². The van der Waals surface area contributed by atoms with E-state index >= 15 is 0 Å². The van der Waals surface area contributed by atoms with Crippen molar-refractivity contribution in [1.82, 2.24) is 4.31 Å². The van der Waals surface area contributed by atoms with E-state index in [2.05, 4.69) is 6.92 Å². The van der Waals surface area contributed by atoms with E-state index in [0.717, 1.165) is 6.42 Å². The Hall–Kier alpha value is -2.18. The second-order valence-electron chi connectivity index (χ2n) is 6.41. The molecule has 138 valence electrons. The highest BCUT2D eigenvalue weighted by molar-refractivity contribution is 7.89. The van der Waals surface area contributed by atoms with Crippen molar-refractivity contribution in [3.05, 3.63) is 60.2 Å². The molecule has 0 aliphatic carbocycles. The van der Waals surface area contributed by atoms with Gasteiger partial charge < -0.3 is 4.74 Å². The predicted octanol–water partition coefficient (Wildman–Crippen LogP) is 3.26. The van der Waals surface area contributed by atoms with Gasteiger partial charge in [0.2, 0.25) is 10.0 Å². The van der Waals surface area contributed by atoms with E-state index in [4.69, 9.17) is 4.74 Å². The summed E-state index contributed by atoms with van der Waals surface area (Å²) in [5.41, 5.74) is 1.18. The standard InChI is InChI=1S/C20H23NO4S/c1-2-16-8-10-18(11-9-16)25-20(22)17-12-14-21(15-13-17)26(23,24)19-6-4-3-5-7-19/h3-11,17H,2,12-15H2,1H3. The molecule has 0 spiro atoms. The van der Waals surface area contributed by atoms with E-state index in [1.54, 1.807) is 42.5 Å². The predicted molar refractivity (Wildman–Crippen MR) is 99.4 cm³/mol. The van der Waals surface area contributed by atoms with Crippen LogP contribution in [0.2, 0.25) is 0 Å². The van der Waals surface area contributed by atoms with Crippen molar-refractivity contribution >= 4 is 16.0 Å². The average Bonchev–Trinajstić information content (AvgIpc) is 2.69. The topological polar surface area (TPSA) is 63.7 Å². The van der Waals surface area contributed by atoms with Crippen molar-refractivity contribution in [2.45, 2.75) is 31.1 Å². The van der Waals surface area contributed by atoms with Crippen molar-refractivity contribution in [3.8, 4) is 5.75 Å². The van der Waals surface area contributed by atoms with E-state index in [1.165, 1.54) is 9.87 Å². The molecule has 5 nitrogen and oxygen atoms in total. The third-order valence-electron chi connectivity index (χ3n) is 4.72. The van der Waals surface area contributed by atoms with Crippen molar-refractivity contribution in [2.24, 2.45) is 5.92 Å². The second kappa shape index (κ2) is 8.01. The molecule has 3 rings (SSSR count). The van der Waals surface area contributed by atoms with Crippen LogP contribution in [0.15, 0.2) is 59.5 Å². The zero-order valence-electron chi connectivity index (χ0n) is 14.8. The molecule has 0 amide bonds. The smallest absolute Gasteiger partial charge is 0.314 e. The Kier molecular flexibility index (Phi) is 5.74. The van der Waals surface area contributed by atoms with Gasteiger partial charge >= 0.3 is 5.97 Å². The molecule has 26 heavy (non-hydrogen) atoms. The van der Waals surface area contributed by atoms with E-state index in [1.807, 2.05) is 12.1 Å². The van der Waals surface area contributed by atoms with Crippen LogP contribution in [0.4, 0.5) is 0 Å². The van der Waals surface area contributed by atoms with Gasteiger partial charge in [-0.25, -0.2) is 8.42 Å². The number of aryl methyl sites for hydroxylation is 1. The Morgan fingerprint density at radius 2 is 1.65 bits per heavy atom. The quantitative estimate of drug-likeness (QED) is 0.596. The van der Waals surface area contributed by atoms with Crippen molar-refractivity contribution in [2.75, 3.05) is 13.1 Å². The maximum atomic E-state index is 12.6. The number of esters is 1. The van der Waals surface area contributed by atoms with E-state index < -0.39 is 10.0 Å². The SMILES string of the molecule is CCc1ccc(OC(=O)C2CCN(S(=O)(=O)c3ccccc3)CC2)cc1. The molecule has 0 unspecified atom stereocenters. The summed E-state index contributed by atoms with van der Waals surface area (Å²) in [5, 5.41) is 0. The fraction of sp³-hybridized carbons (Fsp3) is 0.350. The number of carbonyl (C=O) groups is 1. The van der Waals surface area contributed by atoms with Crippen LogP contribution in [0.1, 0.15) is 25.3 Å². The zero-order valence-corrected chi connectivity index (χ0v) is 15.6. The van der Waals surface area contributed by atoms with Gasteiger partial charge in [-0.05, 0) is 49.1 Å². The summed E-state index contributed by atoms with van der Waals surface area (Å²) in [5.74, 6) is -0.0272. The molecule has 0 bridgehead atoms. The summed E-state index contributed by atoms with van der Waals surface area (Å²) in [4.78, 5) is 12.6. The minimum atomic E-state index is -3.50. The first-order valence-corrected chi connectivity index (χ1v) is 10.3. The lowest BCUT2D eigenvalue weighted by Crippen LogP contribution is -2.41. The molecule has 2 aromatic rings. The molecule has 0 aromatic heterocycles. The lowest BCUT2D eigenvalue weighted by Gasteiger charge is -2.30. The van der Waals surface area contributed by atoms with E-state index in [9.17, 15) is 13.2 Å². The minimum Gasteiger partial charge on any atom is -0.426 e. The summed E-state index contributed by atoms with van der Waals surface area (Å²) < 4.78 is 32.1. The zero-order chi connectivity index (χ0) is 18.6. The molecule has 0 N–H and O–H groups in total. The Bertz CT molecular complexity index is 839. The first-order valence-electron chi connectivity index (χ1n) is 8.86. The summed E-state index contributed by atoms with van der Waals surface area (Å²) >= 11 is 0. The molecule has 1 heterocycles. The molecular formula is C20H23NO4S. The summed E-state index contributed by atoms with van der Waals surface area (Å²) in [6.07, 6.45) is 1.87. The van der Waals surface area contributed by atoms with Crippen LogP contribution in [0.5, 0.6) is 5.75 Å². The molecule has 6 heteroatoms. The number of carbonyl (C=O) groups excluding carboxylic acids is 1. The number of hydrogen-bond donors (Lipinski definition) is 0. The van der Waals surface area contributed by atoms with Crippen LogP contribution in [0.25, 0.3) is 0 Å². The van der Waals surface area contributed by atoms with Crippen LogP contribution >= 0.6 is 0 Å². The first-order chi connectivity index (χ1) is 12.5. The normalized spacial score (nSPS) is 16.3. The number of hydrogen-bond acceptors (Lipinski definition) is 4. The molecule has 1 saturated heterocycles. The monoisotopic (exact) mass is 373 g/mol. The number of sulfonamides is 1. The maximum absolute atomic E-state index is 12.6. The number of nitrogens with zero attached hydrogens (tertiary/aromatic N) is 1. The molecule has 2 aromatic carbocycles. The van der Waals surface area contributed by atoms with Crippen LogP contribution < -0.4 is 4.74 Å². The van der Waals surface area contributed by atoms with Gasteiger partial charge in [0, 0.05) is 13.1 Å². The van der Waals surface area contributed by atoms with Crippen molar-refractivity contribution in [3.63, 3.8) is 0 Å². The Morgan fingerprint density at radius 1 is 1.04 bits per heavy atom. The van der Waals surface area contributed by atoms with Gasteiger partial charge in [0.15, 0.2) is 0 Å². The molecule has 1 aliphatic rings. The van der Waals surface area contributed by atoms with E-state index in [0.29, 0.717) is 31.7 Å². The molecule has 1 fully saturated rings. The lowest BCUT2D eigenvalue weighted by atomic mass is 9.98. The van der Waals surface area contributed by atoms with Crippen LogP contribution in [0, 0.1) is 5.92 Å². The van der Waals surface area contributed by atoms with Gasteiger partial charge in [0.1, 0.15) is 5.75 Å². The second-order valence-corrected chi connectivity index (χ2v) is 8.35. The van der Waals surface area contributed by atoms with Crippen molar-refractivity contribution in [1.29, 1.82) is 0 Å². The summed E-state index contributed by atoms with van der Waals surface area (Å²) in [7, 11) is -3.50. The Labute approximate surface area is 154 Å². The molecule has 0 atom stereocenters. The molecule has 0 radical (unpaired) electrons. The van der Waals surface area contributed by atoms with Crippen molar-refractivity contribution < 1.29 is 17.9 Å².